The molecule has 0 bridgehead atoms. The van der Waals surface area contributed by atoms with Crippen molar-refractivity contribution in [2.24, 2.45) is 0 Å². The SMILES string of the molecule is F[Si-2](F)(F)(F)(F)F.[Mg+2]. The van der Waals surface area contributed by atoms with Gasteiger partial charge in [0.25, 0.3) is 0 Å². The van der Waals surface area contributed by atoms with Crippen LogP contribution in [0.25, 0.3) is 0 Å². The molecule has 0 fully saturated rings. The Bertz CT molecular complexity index is 67.1. The molecule has 0 aromatic heterocycles. The zero-order valence-electron chi connectivity index (χ0n) is 3.47. The number of rotatable bonds is 0. The summed E-state index contributed by atoms with van der Waals surface area (Å²) in [5.41, 5.74) is 0. The molecule has 0 aromatic carbocycles. The Morgan fingerprint density at radius 1 is 0.625 bits per heavy atom. The number of hydrogen-bond donors (Lipinski definition) is 0. The smallest absolute Gasteiger partial charge is 2.00 e. The average molecular weight is 166 g/mol. The molecule has 0 saturated heterocycles. The van der Waals surface area contributed by atoms with Crippen LogP contribution in [0, 0.1) is 0 Å². The van der Waals surface area contributed by atoms with E-state index in [1.54, 1.807) is 0 Å². The summed E-state index contributed by atoms with van der Waals surface area (Å²) in [6, 6.07) is 0. The predicted octanol–water partition coefficient (Wildman–Crippen LogP) is 1.76. The molecule has 0 saturated carbocycles. The summed E-state index contributed by atoms with van der Waals surface area (Å²) in [4.78, 5) is 0. The molecule has 0 aliphatic heterocycles. The first-order chi connectivity index (χ1) is 2.45. The van der Waals surface area contributed by atoms with Crippen LogP contribution < -0.4 is 0 Å². The van der Waals surface area contributed by atoms with E-state index < -0.39 is 8.63 Å². The van der Waals surface area contributed by atoms with E-state index >= 15 is 0 Å². The molecule has 0 N–H and O–H groups in total. The largest absolute Gasteiger partial charge is 2.00 e. The van der Waals surface area contributed by atoms with Gasteiger partial charge in [0, 0.05) is 0 Å². The summed E-state index contributed by atoms with van der Waals surface area (Å²) in [6.07, 6.45) is 0. The molecule has 8 heteroatoms. The fourth-order valence-electron chi connectivity index (χ4n) is 0. The van der Waals surface area contributed by atoms with Gasteiger partial charge < -0.3 is 0 Å². The average Bonchev–Trinajstić information content (AvgIpc) is 0.592. The summed E-state index contributed by atoms with van der Waals surface area (Å²) in [6.45, 7) is 0. The minimum atomic E-state index is -10.8. The van der Waals surface area contributed by atoms with Crippen LogP contribution >= 0.6 is 0 Å². The fourth-order valence-corrected chi connectivity index (χ4v) is 0. The van der Waals surface area contributed by atoms with Gasteiger partial charge in [-0.15, -0.1) is 0 Å². The molecule has 0 aliphatic rings. The van der Waals surface area contributed by atoms with Gasteiger partial charge >= 0.3 is 56.3 Å². The Morgan fingerprint density at radius 2 is 0.625 bits per heavy atom. The van der Waals surface area contributed by atoms with Gasteiger partial charge in [-0.05, 0) is 0 Å². The fraction of sp³-hybridized carbons (Fsp3) is 0. The summed E-state index contributed by atoms with van der Waals surface area (Å²) in [5, 5.41) is 0. The molecule has 48 valence electrons. The zero-order chi connectivity index (χ0) is 6.41. The standard InChI is InChI=1S/F6Si.Mg/c1-7(2,3,4,5)6;/q-2;+2. The van der Waals surface area contributed by atoms with Crippen LogP contribution in [-0.2, 0) is 0 Å². The second-order valence-electron chi connectivity index (χ2n) is 1.07. The van der Waals surface area contributed by atoms with Crippen LogP contribution in [0.3, 0.4) is 0 Å². The van der Waals surface area contributed by atoms with Gasteiger partial charge in [0.2, 0.25) is 0 Å². The van der Waals surface area contributed by atoms with Gasteiger partial charge in [-0.2, -0.15) is 0 Å². The van der Waals surface area contributed by atoms with E-state index in [4.69, 9.17) is 0 Å². The van der Waals surface area contributed by atoms with Crippen LogP contribution in [-0.4, -0.2) is 31.7 Å². The van der Waals surface area contributed by atoms with Crippen LogP contribution in [0.5, 0.6) is 0 Å². The van der Waals surface area contributed by atoms with Crippen molar-refractivity contribution in [2.45, 2.75) is 0 Å². The van der Waals surface area contributed by atoms with Crippen molar-refractivity contribution in [3.63, 3.8) is 0 Å². The summed E-state index contributed by atoms with van der Waals surface area (Å²) in [5.74, 6) is 0. The number of hydrogen-bond acceptors (Lipinski definition) is 0. The molecular formula is F6MgSi. The maximum atomic E-state index is 9.88. The van der Waals surface area contributed by atoms with Crippen molar-refractivity contribution in [1.82, 2.24) is 0 Å². The summed E-state index contributed by atoms with van der Waals surface area (Å²) < 4.78 is 59.3. The van der Waals surface area contributed by atoms with Gasteiger partial charge in [0.1, 0.15) is 0 Å². The van der Waals surface area contributed by atoms with Gasteiger partial charge in [-0.1, -0.05) is 0 Å². The summed E-state index contributed by atoms with van der Waals surface area (Å²) >= 11 is 0. The van der Waals surface area contributed by atoms with E-state index in [0.29, 0.717) is 0 Å². The Labute approximate surface area is 56.9 Å². The third-order valence-corrected chi connectivity index (χ3v) is 0. The molecule has 0 atom stereocenters. The van der Waals surface area contributed by atoms with E-state index in [-0.39, 0.29) is 23.1 Å². The minimum Gasteiger partial charge on any atom is 2.00 e. The molecule has 8 heavy (non-hydrogen) atoms. The van der Waals surface area contributed by atoms with Gasteiger partial charge in [0.15, 0.2) is 0 Å². The zero-order valence-corrected chi connectivity index (χ0v) is 5.89. The molecule has 0 spiro atoms. The second kappa shape index (κ2) is 1.35. The molecule has 0 aliphatic carbocycles. The summed E-state index contributed by atoms with van der Waals surface area (Å²) in [7, 11) is -10.8. The van der Waals surface area contributed by atoms with Crippen LogP contribution in [0.15, 0.2) is 0 Å². The first kappa shape index (κ1) is 11.4. The van der Waals surface area contributed by atoms with E-state index in [1.807, 2.05) is 0 Å². The van der Waals surface area contributed by atoms with Crippen LogP contribution in [0.4, 0.5) is 24.6 Å². The van der Waals surface area contributed by atoms with Crippen molar-refractivity contribution in [2.75, 3.05) is 0 Å². The maximum Gasteiger partial charge on any atom is 2.00 e. The third-order valence-electron chi connectivity index (χ3n) is 0. The number of halogens is 6. The minimum absolute atomic E-state index is 0. The molecule has 0 nitrogen and oxygen atoms in total. The van der Waals surface area contributed by atoms with Crippen molar-refractivity contribution in [3.05, 3.63) is 0 Å². The van der Waals surface area contributed by atoms with Crippen LogP contribution in [0.1, 0.15) is 0 Å². The first-order valence-corrected chi connectivity index (χ1v) is 3.40. The topological polar surface area (TPSA) is 0 Å². The molecule has 0 radical (unpaired) electrons. The molecule has 0 aromatic rings. The second-order valence-corrected chi connectivity index (χ2v) is 3.21. The van der Waals surface area contributed by atoms with Crippen molar-refractivity contribution in [3.8, 4) is 0 Å². The Morgan fingerprint density at radius 3 is 0.625 bits per heavy atom. The van der Waals surface area contributed by atoms with E-state index in [0.717, 1.165) is 0 Å². The molecule has 0 rings (SSSR count). The van der Waals surface area contributed by atoms with Crippen molar-refractivity contribution < 1.29 is 24.6 Å². The molecule has 0 heterocycles. The molecular weight excluding hydrogens is 166 g/mol. The quantitative estimate of drug-likeness (QED) is 0.292. The third kappa shape index (κ3) is 641. The van der Waals surface area contributed by atoms with E-state index in [1.165, 1.54) is 0 Å². The van der Waals surface area contributed by atoms with E-state index in [2.05, 4.69) is 0 Å². The first-order valence-electron chi connectivity index (χ1n) is 1.13. The molecule has 0 unspecified atom stereocenters. The van der Waals surface area contributed by atoms with Crippen molar-refractivity contribution in [1.29, 1.82) is 0 Å². The van der Waals surface area contributed by atoms with Gasteiger partial charge in [-0.3, -0.25) is 0 Å². The maximum absolute atomic E-state index is 10.8. The van der Waals surface area contributed by atoms with E-state index in [9.17, 15) is 24.6 Å². The Hall–Kier alpha value is 0.563. The van der Waals surface area contributed by atoms with Crippen molar-refractivity contribution >= 4 is 31.7 Å². The Balaban J connectivity index is 0. The van der Waals surface area contributed by atoms with Gasteiger partial charge in [-0.25, -0.2) is 0 Å². The van der Waals surface area contributed by atoms with Gasteiger partial charge in [0.05, 0.1) is 0 Å². The Kier molecular flexibility index (Phi) is 1.91. The molecule has 0 amide bonds. The predicted molar refractivity (Wildman–Crippen MR) is 18.2 cm³/mol. The normalized spacial score (nSPS) is 20.2. The monoisotopic (exact) mass is 166 g/mol. The van der Waals surface area contributed by atoms with Crippen LogP contribution in [0.2, 0.25) is 0 Å².